The largest absolute Gasteiger partial charge is 0.479 e. The molecule has 1 aliphatic rings. The zero-order valence-electron chi connectivity index (χ0n) is 13.7. The second-order valence-electron chi connectivity index (χ2n) is 5.43. The molecule has 0 saturated heterocycles. The number of nitrogens with zero attached hydrogens (tertiary/aromatic N) is 3. The van der Waals surface area contributed by atoms with Gasteiger partial charge < -0.3 is 4.74 Å². The third-order valence-corrected chi connectivity index (χ3v) is 4.63. The van der Waals surface area contributed by atoms with Crippen LogP contribution in [-0.2, 0) is 16.0 Å². The minimum absolute atomic E-state index is 0.205. The molecule has 1 aliphatic heterocycles. The van der Waals surface area contributed by atoms with Crippen molar-refractivity contribution in [2.24, 2.45) is 0 Å². The fourth-order valence-corrected chi connectivity index (χ4v) is 3.11. The van der Waals surface area contributed by atoms with E-state index in [1.165, 1.54) is 22.3 Å². The van der Waals surface area contributed by atoms with Crippen molar-refractivity contribution < 1.29 is 19.1 Å². The van der Waals surface area contributed by atoms with Crippen molar-refractivity contribution >= 4 is 40.3 Å². The summed E-state index contributed by atoms with van der Waals surface area (Å²) >= 11 is 1.29. The maximum atomic E-state index is 12.4. The van der Waals surface area contributed by atoms with E-state index in [4.69, 9.17) is 4.74 Å². The summed E-state index contributed by atoms with van der Waals surface area (Å²) in [6.45, 7) is 3.35. The number of carbonyl (C=O) groups is 3. The van der Waals surface area contributed by atoms with E-state index in [0.29, 0.717) is 28.4 Å². The van der Waals surface area contributed by atoms with Crippen LogP contribution in [-0.4, -0.2) is 40.9 Å². The Balaban J connectivity index is 1.81. The Morgan fingerprint density at radius 3 is 2.92 bits per heavy atom. The molecule has 0 saturated carbocycles. The fourth-order valence-electron chi connectivity index (χ4n) is 2.41. The molecule has 9 heteroatoms. The van der Waals surface area contributed by atoms with Crippen LogP contribution in [0.25, 0.3) is 0 Å². The highest BCUT2D eigenvalue weighted by Crippen LogP contribution is 2.34. The maximum Gasteiger partial charge on any atom is 0.268 e. The molecular weight excluding hydrogens is 344 g/mol. The number of nitrogens with one attached hydrogen (secondary N) is 1. The van der Waals surface area contributed by atoms with E-state index in [9.17, 15) is 14.4 Å². The number of anilines is 2. The van der Waals surface area contributed by atoms with Gasteiger partial charge in [0.1, 0.15) is 23.6 Å². The van der Waals surface area contributed by atoms with Crippen LogP contribution in [0.5, 0.6) is 5.75 Å². The van der Waals surface area contributed by atoms with Gasteiger partial charge >= 0.3 is 0 Å². The van der Waals surface area contributed by atoms with Gasteiger partial charge in [-0.1, -0.05) is 18.3 Å². The van der Waals surface area contributed by atoms with Crippen molar-refractivity contribution in [3.05, 3.63) is 28.8 Å². The van der Waals surface area contributed by atoms with E-state index in [1.54, 1.807) is 19.1 Å². The second kappa shape index (κ2) is 6.98. The second-order valence-corrected chi connectivity index (χ2v) is 6.49. The predicted octanol–water partition coefficient (Wildman–Crippen LogP) is 1.67. The van der Waals surface area contributed by atoms with Crippen molar-refractivity contribution in [3.63, 3.8) is 0 Å². The summed E-state index contributed by atoms with van der Waals surface area (Å²) in [5.74, 6) is -0.296. The smallest absolute Gasteiger partial charge is 0.268 e. The molecule has 1 aromatic heterocycles. The first-order valence-corrected chi connectivity index (χ1v) is 8.53. The van der Waals surface area contributed by atoms with E-state index in [2.05, 4.69) is 15.5 Å². The summed E-state index contributed by atoms with van der Waals surface area (Å²) in [6.07, 6.45) is 0.694. The van der Waals surface area contributed by atoms with Crippen LogP contribution in [0.15, 0.2) is 18.2 Å². The van der Waals surface area contributed by atoms with Crippen LogP contribution < -0.4 is 15.0 Å². The highest BCUT2D eigenvalue weighted by molar-refractivity contribution is 7.15. The lowest BCUT2D eigenvalue weighted by molar-refractivity contribution is -0.127. The number of hydrogen-bond acceptors (Lipinski definition) is 7. The molecule has 1 N–H and O–H groups in total. The number of amides is 2. The highest BCUT2D eigenvalue weighted by atomic mass is 32.1. The lowest BCUT2D eigenvalue weighted by atomic mass is 10.1. The summed E-state index contributed by atoms with van der Waals surface area (Å²) in [6, 6.07) is 4.74. The molecule has 0 radical (unpaired) electrons. The Morgan fingerprint density at radius 2 is 2.24 bits per heavy atom. The van der Waals surface area contributed by atoms with Crippen LogP contribution in [0, 0.1) is 0 Å². The number of carbonyl (C=O) groups excluding carboxylic acids is 3. The van der Waals surface area contributed by atoms with Crippen molar-refractivity contribution in [1.29, 1.82) is 0 Å². The fraction of sp³-hybridized carbons (Fsp3) is 0.312. The predicted molar refractivity (Wildman–Crippen MR) is 92.2 cm³/mol. The molecule has 8 nitrogen and oxygen atoms in total. The van der Waals surface area contributed by atoms with E-state index < -0.39 is 12.0 Å². The van der Waals surface area contributed by atoms with E-state index in [0.717, 1.165) is 11.4 Å². The van der Waals surface area contributed by atoms with Crippen molar-refractivity contribution in [3.8, 4) is 5.75 Å². The van der Waals surface area contributed by atoms with Gasteiger partial charge in [0, 0.05) is 5.56 Å². The topological polar surface area (TPSA) is 101 Å². The molecule has 1 atom stereocenters. The lowest BCUT2D eigenvalue weighted by Gasteiger charge is -2.32. The third kappa shape index (κ3) is 3.50. The number of benzene rings is 1. The summed E-state index contributed by atoms with van der Waals surface area (Å²) in [7, 11) is 0. The monoisotopic (exact) mass is 360 g/mol. The van der Waals surface area contributed by atoms with E-state index in [-0.39, 0.29) is 12.5 Å². The molecule has 0 bridgehead atoms. The number of aryl methyl sites for hydroxylation is 1. The van der Waals surface area contributed by atoms with Crippen molar-refractivity contribution in [1.82, 2.24) is 10.2 Å². The molecule has 25 heavy (non-hydrogen) atoms. The zero-order valence-corrected chi connectivity index (χ0v) is 14.5. The summed E-state index contributed by atoms with van der Waals surface area (Å²) in [4.78, 5) is 37.1. The first-order valence-electron chi connectivity index (χ1n) is 7.71. The van der Waals surface area contributed by atoms with Gasteiger partial charge in [-0.3, -0.25) is 24.6 Å². The van der Waals surface area contributed by atoms with Crippen LogP contribution >= 0.6 is 11.3 Å². The molecule has 130 valence electrons. The minimum atomic E-state index is -0.712. The van der Waals surface area contributed by atoms with E-state index >= 15 is 0 Å². The van der Waals surface area contributed by atoms with Gasteiger partial charge in [0.05, 0.1) is 5.69 Å². The van der Waals surface area contributed by atoms with Crippen molar-refractivity contribution in [2.75, 3.05) is 16.8 Å². The molecular formula is C16H16N4O4S. The molecule has 2 amide bonds. The van der Waals surface area contributed by atoms with Crippen LogP contribution in [0.3, 0.4) is 0 Å². The average Bonchev–Trinajstić information content (AvgIpc) is 3.06. The number of ether oxygens (including phenoxy) is 1. The van der Waals surface area contributed by atoms with Crippen LogP contribution in [0.1, 0.15) is 29.2 Å². The standard InChI is InChI=1S/C16H16N4O4S/c1-3-14-18-19-16(25-14)17-13(22)7-20-11-6-10(8-21)4-5-12(11)24-9(2)15(20)23/h4-6,8-9H,3,7H2,1-2H3,(H,17,19,22). The number of aldehydes is 1. The molecule has 2 heterocycles. The number of fused-ring (bicyclic) bond motifs is 1. The Kier molecular flexibility index (Phi) is 4.75. The molecule has 1 unspecified atom stereocenters. The van der Waals surface area contributed by atoms with Gasteiger partial charge in [-0.05, 0) is 31.5 Å². The molecule has 0 spiro atoms. The quantitative estimate of drug-likeness (QED) is 0.814. The first-order chi connectivity index (χ1) is 12.0. The van der Waals surface area contributed by atoms with Gasteiger partial charge in [0.25, 0.3) is 5.91 Å². The number of hydrogen-bond donors (Lipinski definition) is 1. The normalized spacial score (nSPS) is 16.2. The SMILES string of the molecule is CCc1nnc(NC(=O)CN2C(=O)C(C)Oc3ccc(C=O)cc32)s1. The van der Waals surface area contributed by atoms with Gasteiger partial charge in [-0.25, -0.2) is 0 Å². The van der Waals surface area contributed by atoms with Gasteiger partial charge in [-0.15, -0.1) is 10.2 Å². The number of aromatic nitrogens is 2. The Labute approximate surface area is 147 Å². The molecule has 3 rings (SSSR count). The van der Waals surface area contributed by atoms with Gasteiger partial charge in [0.15, 0.2) is 6.10 Å². The summed E-state index contributed by atoms with van der Waals surface area (Å²) in [5.41, 5.74) is 0.793. The summed E-state index contributed by atoms with van der Waals surface area (Å²) < 4.78 is 5.53. The molecule has 2 aromatic rings. The minimum Gasteiger partial charge on any atom is -0.479 e. The first kappa shape index (κ1) is 17.0. The van der Waals surface area contributed by atoms with Gasteiger partial charge in [0.2, 0.25) is 11.0 Å². The van der Waals surface area contributed by atoms with Crippen LogP contribution in [0.4, 0.5) is 10.8 Å². The maximum absolute atomic E-state index is 12.4. The highest BCUT2D eigenvalue weighted by Gasteiger charge is 2.33. The molecule has 0 aliphatic carbocycles. The van der Waals surface area contributed by atoms with Crippen LogP contribution in [0.2, 0.25) is 0 Å². The Hall–Kier alpha value is -2.81. The lowest BCUT2D eigenvalue weighted by Crippen LogP contribution is -2.47. The third-order valence-electron chi connectivity index (χ3n) is 3.64. The number of rotatable bonds is 5. The van der Waals surface area contributed by atoms with Crippen molar-refractivity contribution in [2.45, 2.75) is 26.4 Å². The zero-order chi connectivity index (χ0) is 18.0. The average molecular weight is 360 g/mol. The summed E-state index contributed by atoms with van der Waals surface area (Å²) in [5, 5.41) is 11.7. The van der Waals surface area contributed by atoms with Gasteiger partial charge in [-0.2, -0.15) is 0 Å². The Morgan fingerprint density at radius 1 is 1.44 bits per heavy atom. The van der Waals surface area contributed by atoms with E-state index in [1.807, 2.05) is 6.92 Å². The molecule has 0 fully saturated rings. The Bertz CT molecular complexity index is 835. The molecule has 1 aromatic carbocycles.